The van der Waals surface area contributed by atoms with E-state index in [2.05, 4.69) is 10.3 Å². The second-order valence-electron chi connectivity index (χ2n) is 8.30. The van der Waals surface area contributed by atoms with Crippen LogP contribution in [0.4, 0.5) is 0 Å². The summed E-state index contributed by atoms with van der Waals surface area (Å²) in [5, 5.41) is 22.7. The smallest absolute Gasteiger partial charge is 0.270 e. The highest BCUT2D eigenvalue weighted by Gasteiger charge is 2.33. The van der Waals surface area contributed by atoms with Crippen molar-refractivity contribution in [2.45, 2.75) is 44.6 Å². The third-order valence-corrected chi connectivity index (χ3v) is 7.41. The van der Waals surface area contributed by atoms with Crippen LogP contribution in [0.2, 0.25) is 0 Å². The first-order valence-corrected chi connectivity index (χ1v) is 12.3. The molecule has 0 spiro atoms. The minimum Gasteiger partial charge on any atom is -0.390 e. The van der Waals surface area contributed by atoms with Gasteiger partial charge in [0.15, 0.2) is 0 Å². The Kier molecular flexibility index (Phi) is 9.68. The number of carbonyl (C=O) groups is 2. The number of carbonyl (C=O) groups excluding carboxylic acids is 2. The molecule has 0 aliphatic heterocycles. The van der Waals surface area contributed by atoms with E-state index < -0.39 is 52.3 Å². The summed E-state index contributed by atoms with van der Waals surface area (Å²) in [6.07, 6.45) is -1.15. The van der Waals surface area contributed by atoms with Crippen LogP contribution in [0.5, 0.6) is 0 Å². The van der Waals surface area contributed by atoms with E-state index >= 15 is 0 Å². The predicted octanol–water partition coefficient (Wildman–Crippen LogP) is 0.980. The van der Waals surface area contributed by atoms with Gasteiger partial charge in [0.2, 0.25) is 10.0 Å². The maximum atomic E-state index is 12.9. The largest absolute Gasteiger partial charge is 0.390 e. The molecule has 2 atom stereocenters. The Bertz CT molecular complexity index is 1080. The van der Waals surface area contributed by atoms with Crippen LogP contribution in [0.3, 0.4) is 0 Å². The number of hydroxylamine groups is 2. The van der Waals surface area contributed by atoms with Crippen molar-refractivity contribution in [3.8, 4) is 0 Å². The van der Waals surface area contributed by atoms with Gasteiger partial charge in [0.1, 0.15) is 5.69 Å². The number of aliphatic hydroxyl groups excluding tert-OH is 1. The molecule has 2 aromatic rings. The van der Waals surface area contributed by atoms with Crippen LogP contribution in [0.25, 0.3) is 0 Å². The number of aromatic nitrogens is 1. The molecule has 1 aromatic carbocycles. The number of rotatable bonds is 11. The molecule has 186 valence electrons. The number of sulfonamides is 1. The molecule has 0 fully saturated rings. The van der Waals surface area contributed by atoms with Crippen molar-refractivity contribution in [1.29, 1.82) is 0 Å². The summed E-state index contributed by atoms with van der Waals surface area (Å²) in [6.45, 7) is 3.54. The predicted molar refractivity (Wildman–Crippen MR) is 127 cm³/mol. The molecule has 0 saturated carbocycles. The fraction of sp³-hybridized carbons (Fsp3) is 0.435. The molecule has 10 nitrogen and oxygen atoms in total. The molecule has 0 aliphatic carbocycles. The second kappa shape index (κ2) is 12.0. The van der Waals surface area contributed by atoms with Crippen molar-refractivity contribution in [3.63, 3.8) is 0 Å². The minimum atomic E-state index is -3.97. The van der Waals surface area contributed by atoms with Gasteiger partial charge in [0, 0.05) is 19.3 Å². The zero-order chi connectivity index (χ0) is 25.5. The standard InChI is InChI=1S/C23H32N4O6S/c1-16(2)34(32,33)27(15-22(29)26(4)31)14-21(28)20(13-18-10-6-5-7-11-18)25-23(30)19-12-8-9-17(3)24-19/h5-12,16,20-21,28,31H,13-15H2,1-4H3,(H,25,30)/t20-,21+/m0/s1. The number of nitrogens with one attached hydrogen (secondary N) is 1. The zero-order valence-corrected chi connectivity index (χ0v) is 20.6. The molecule has 0 aliphatic rings. The molecule has 1 aromatic heterocycles. The van der Waals surface area contributed by atoms with Crippen molar-refractivity contribution < 1.29 is 28.3 Å². The number of aryl methyl sites for hydroxylation is 1. The van der Waals surface area contributed by atoms with Crippen LogP contribution >= 0.6 is 0 Å². The molecule has 0 unspecified atom stereocenters. The normalized spacial score (nSPS) is 13.5. The van der Waals surface area contributed by atoms with Crippen molar-refractivity contribution in [3.05, 3.63) is 65.5 Å². The van der Waals surface area contributed by atoms with E-state index in [9.17, 15) is 28.3 Å². The van der Waals surface area contributed by atoms with Gasteiger partial charge in [-0.3, -0.25) is 14.8 Å². The average Bonchev–Trinajstić information content (AvgIpc) is 2.78. The van der Waals surface area contributed by atoms with Crippen molar-refractivity contribution >= 4 is 21.8 Å². The van der Waals surface area contributed by atoms with Gasteiger partial charge in [-0.2, -0.15) is 4.31 Å². The quantitative estimate of drug-likeness (QED) is 0.314. The summed E-state index contributed by atoms with van der Waals surface area (Å²) in [4.78, 5) is 29.1. The fourth-order valence-corrected chi connectivity index (χ4v) is 4.46. The minimum absolute atomic E-state index is 0.161. The SMILES string of the molecule is Cc1cccc(C(=O)N[C@@H](Cc2ccccc2)[C@H](O)CN(CC(=O)N(C)O)S(=O)(=O)C(C)C)n1. The molecular formula is C23H32N4O6S. The maximum Gasteiger partial charge on any atom is 0.270 e. The van der Waals surface area contributed by atoms with E-state index in [1.807, 2.05) is 30.3 Å². The summed E-state index contributed by atoms with van der Waals surface area (Å²) < 4.78 is 26.5. The number of benzene rings is 1. The van der Waals surface area contributed by atoms with Gasteiger partial charge in [-0.15, -0.1) is 0 Å². The number of hydrogen-bond donors (Lipinski definition) is 3. The third kappa shape index (κ3) is 7.59. The van der Waals surface area contributed by atoms with E-state index in [4.69, 9.17) is 0 Å². The van der Waals surface area contributed by atoms with E-state index in [-0.39, 0.29) is 12.1 Å². The van der Waals surface area contributed by atoms with Gasteiger partial charge in [0.25, 0.3) is 11.8 Å². The highest BCUT2D eigenvalue weighted by atomic mass is 32.2. The van der Waals surface area contributed by atoms with Gasteiger partial charge >= 0.3 is 0 Å². The lowest BCUT2D eigenvalue weighted by Gasteiger charge is -2.30. The van der Waals surface area contributed by atoms with Crippen LogP contribution in [0.1, 0.15) is 35.6 Å². The molecular weight excluding hydrogens is 460 g/mol. The number of nitrogens with zero attached hydrogens (tertiary/aromatic N) is 3. The summed E-state index contributed by atoms with van der Waals surface area (Å²) >= 11 is 0. The van der Waals surface area contributed by atoms with Crippen LogP contribution in [-0.2, 0) is 21.2 Å². The van der Waals surface area contributed by atoms with Crippen LogP contribution in [0.15, 0.2) is 48.5 Å². The lowest BCUT2D eigenvalue weighted by Crippen LogP contribution is -2.53. The lowest BCUT2D eigenvalue weighted by molar-refractivity contribution is -0.159. The molecule has 2 amide bonds. The van der Waals surface area contributed by atoms with Crippen molar-refractivity contribution in [1.82, 2.24) is 19.7 Å². The summed E-state index contributed by atoms with van der Waals surface area (Å²) in [5.74, 6) is -1.38. The number of likely N-dealkylation sites (N-methyl/N-ethyl adjacent to an activating group) is 1. The topological polar surface area (TPSA) is 140 Å². The monoisotopic (exact) mass is 492 g/mol. The Labute approximate surface area is 200 Å². The molecule has 34 heavy (non-hydrogen) atoms. The Morgan fingerprint density at radius 2 is 1.74 bits per heavy atom. The molecule has 3 N–H and O–H groups in total. The third-order valence-electron chi connectivity index (χ3n) is 5.22. The molecule has 1 heterocycles. The molecule has 0 radical (unpaired) electrons. The fourth-order valence-electron chi connectivity index (χ4n) is 3.21. The van der Waals surface area contributed by atoms with E-state index in [1.165, 1.54) is 13.8 Å². The highest BCUT2D eigenvalue weighted by Crippen LogP contribution is 2.14. The van der Waals surface area contributed by atoms with Gasteiger partial charge in [-0.1, -0.05) is 36.4 Å². The Morgan fingerprint density at radius 1 is 1.09 bits per heavy atom. The highest BCUT2D eigenvalue weighted by molar-refractivity contribution is 7.89. The molecule has 11 heteroatoms. The van der Waals surface area contributed by atoms with Gasteiger partial charge < -0.3 is 10.4 Å². The first-order valence-electron chi connectivity index (χ1n) is 10.8. The van der Waals surface area contributed by atoms with Gasteiger partial charge in [0.05, 0.1) is 23.9 Å². The Balaban J connectivity index is 2.32. The molecule has 2 rings (SSSR count). The van der Waals surface area contributed by atoms with E-state index in [0.29, 0.717) is 10.8 Å². The second-order valence-corrected chi connectivity index (χ2v) is 10.8. The van der Waals surface area contributed by atoms with E-state index in [1.54, 1.807) is 25.1 Å². The Morgan fingerprint density at radius 3 is 2.29 bits per heavy atom. The van der Waals surface area contributed by atoms with Crippen molar-refractivity contribution in [2.75, 3.05) is 20.1 Å². The van der Waals surface area contributed by atoms with Crippen molar-refractivity contribution in [2.24, 2.45) is 0 Å². The number of amides is 2. The lowest BCUT2D eigenvalue weighted by atomic mass is 10.0. The summed E-state index contributed by atoms with van der Waals surface area (Å²) in [5.41, 5.74) is 1.62. The first kappa shape index (κ1) is 27.4. The summed E-state index contributed by atoms with van der Waals surface area (Å²) in [7, 11) is -2.88. The summed E-state index contributed by atoms with van der Waals surface area (Å²) in [6, 6.07) is 13.2. The maximum absolute atomic E-state index is 12.9. The van der Waals surface area contributed by atoms with Crippen LogP contribution in [0, 0.1) is 6.92 Å². The molecule has 0 bridgehead atoms. The van der Waals surface area contributed by atoms with E-state index in [0.717, 1.165) is 16.9 Å². The van der Waals surface area contributed by atoms with Crippen LogP contribution in [-0.4, -0.2) is 82.4 Å². The first-order chi connectivity index (χ1) is 15.9. The Hall–Kier alpha value is -2.86. The zero-order valence-electron chi connectivity index (χ0n) is 19.7. The van der Waals surface area contributed by atoms with Gasteiger partial charge in [-0.05, 0) is 44.9 Å². The van der Waals surface area contributed by atoms with Gasteiger partial charge in [-0.25, -0.2) is 18.5 Å². The number of hydrogen-bond acceptors (Lipinski definition) is 7. The number of aliphatic hydroxyl groups is 1. The molecule has 0 saturated heterocycles. The number of pyridine rings is 1. The van der Waals surface area contributed by atoms with Crippen LogP contribution < -0.4 is 5.32 Å². The average molecular weight is 493 g/mol.